The van der Waals surface area contributed by atoms with Gasteiger partial charge < -0.3 is 10.1 Å². The van der Waals surface area contributed by atoms with Gasteiger partial charge >= 0.3 is 0 Å². The first-order valence-electron chi connectivity index (χ1n) is 6.37. The van der Waals surface area contributed by atoms with E-state index in [1.807, 2.05) is 6.07 Å². The van der Waals surface area contributed by atoms with Crippen molar-refractivity contribution in [3.05, 3.63) is 21.3 Å². The molecule has 1 heterocycles. The van der Waals surface area contributed by atoms with E-state index < -0.39 is 0 Å². The van der Waals surface area contributed by atoms with Gasteiger partial charge in [-0.2, -0.15) is 0 Å². The fraction of sp³-hybridized carbons (Fsp3) is 0.692. The predicted octanol–water partition coefficient (Wildman–Crippen LogP) is 3.70. The normalized spacial score (nSPS) is 16.1. The number of hydrogen-bond acceptors (Lipinski definition) is 3. The van der Waals surface area contributed by atoms with Crippen LogP contribution < -0.4 is 5.32 Å². The van der Waals surface area contributed by atoms with E-state index in [4.69, 9.17) is 16.3 Å². The maximum Gasteiger partial charge on any atom is 0.0931 e. The van der Waals surface area contributed by atoms with Crippen LogP contribution in [0.15, 0.2) is 12.1 Å². The van der Waals surface area contributed by atoms with Crippen LogP contribution in [-0.4, -0.2) is 19.8 Å². The highest BCUT2D eigenvalue weighted by molar-refractivity contribution is 7.16. The van der Waals surface area contributed by atoms with Crippen LogP contribution in [0, 0.1) is 5.92 Å². The van der Waals surface area contributed by atoms with Gasteiger partial charge in [0.2, 0.25) is 0 Å². The minimum absolute atomic E-state index is 0.811. The maximum atomic E-state index is 5.86. The minimum atomic E-state index is 0.811. The Hall–Kier alpha value is -0.0900. The monoisotopic (exact) mass is 273 g/mol. The van der Waals surface area contributed by atoms with Gasteiger partial charge in [-0.15, -0.1) is 11.3 Å². The van der Waals surface area contributed by atoms with E-state index in [2.05, 4.69) is 11.4 Å². The molecule has 0 atom stereocenters. The highest BCUT2D eigenvalue weighted by Crippen LogP contribution is 2.29. The minimum Gasteiger partial charge on any atom is -0.380 e. The Kier molecular flexibility index (Phi) is 5.78. The van der Waals surface area contributed by atoms with Crippen molar-refractivity contribution in [3.63, 3.8) is 0 Å². The van der Waals surface area contributed by atoms with Crippen LogP contribution in [0.2, 0.25) is 4.34 Å². The van der Waals surface area contributed by atoms with Crippen molar-refractivity contribution in [2.24, 2.45) is 5.92 Å². The molecule has 96 valence electrons. The Morgan fingerprint density at radius 1 is 1.35 bits per heavy atom. The molecule has 0 unspecified atom stereocenters. The molecular weight excluding hydrogens is 254 g/mol. The van der Waals surface area contributed by atoms with Crippen LogP contribution in [0.25, 0.3) is 0 Å². The Labute approximate surface area is 112 Å². The second-order valence-corrected chi connectivity index (χ2v) is 6.38. The third-order valence-electron chi connectivity index (χ3n) is 3.25. The number of ether oxygens (including phenoxy) is 1. The van der Waals surface area contributed by atoms with Crippen LogP contribution in [0.3, 0.4) is 0 Å². The summed E-state index contributed by atoms with van der Waals surface area (Å²) in [4.78, 5) is 1.28. The Morgan fingerprint density at radius 2 is 2.24 bits per heavy atom. The molecule has 0 spiro atoms. The molecular formula is C13H20ClNOS. The van der Waals surface area contributed by atoms with Crippen molar-refractivity contribution in [2.75, 3.05) is 19.8 Å². The number of hydrogen-bond donors (Lipinski definition) is 1. The molecule has 1 aliphatic rings. The van der Waals surface area contributed by atoms with Crippen LogP contribution in [0.4, 0.5) is 0 Å². The highest BCUT2D eigenvalue weighted by Gasteiger charge is 2.16. The van der Waals surface area contributed by atoms with E-state index in [0.717, 1.165) is 36.6 Å². The average molecular weight is 274 g/mol. The van der Waals surface area contributed by atoms with Gasteiger partial charge in [0.15, 0.2) is 0 Å². The van der Waals surface area contributed by atoms with Crippen LogP contribution >= 0.6 is 22.9 Å². The number of rotatable bonds is 8. The van der Waals surface area contributed by atoms with Gasteiger partial charge in [-0.1, -0.05) is 30.9 Å². The zero-order chi connectivity index (χ0) is 11.9. The van der Waals surface area contributed by atoms with Crippen LogP contribution in [-0.2, 0) is 11.3 Å². The summed E-state index contributed by atoms with van der Waals surface area (Å²) in [5.41, 5.74) is 0. The first-order chi connectivity index (χ1) is 8.34. The molecule has 4 heteroatoms. The molecule has 1 aromatic heterocycles. The first kappa shape index (κ1) is 13.3. The van der Waals surface area contributed by atoms with E-state index in [1.54, 1.807) is 11.3 Å². The number of nitrogens with one attached hydrogen (secondary N) is 1. The molecule has 0 radical (unpaired) electrons. The Balaban J connectivity index is 1.41. The topological polar surface area (TPSA) is 21.3 Å². The second-order valence-electron chi connectivity index (χ2n) is 4.58. The number of halogens is 1. The summed E-state index contributed by atoms with van der Waals surface area (Å²) in [6.45, 7) is 3.55. The molecule has 0 aromatic carbocycles. The molecule has 2 rings (SSSR count). The second kappa shape index (κ2) is 7.37. The first-order valence-corrected chi connectivity index (χ1v) is 7.57. The lowest BCUT2D eigenvalue weighted by atomic mass is 9.83. The summed E-state index contributed by atoms with van der Waals surface area (Å²) in [5, 5.41) is 3.36. The van der Waals surface area contributed by atoms with E-state index in [0.29, 0.717) is 0 Å². The molecule has 1 N–H and O–H groups in total. The lowest BCUT2D eigenvalue weighted by molar-refractivity contribution is 0.108. The fourth-order valence-electron chi connectivity index (χ4n) is 1.94. The zero-order valence-electron chi connectivity index (χ0n) is 10.1. The summed E-state index contributed by atoms with van der Waals surface area (Å²) >= 11 is 7.49. The molecule has 17 heavy (non-hydrogen) atoms. The zero-order valence-corrected chi connectivity index (χ0v) is 11.7. The average Bonchev–Trinajstić information content (AvgIpc) is 2.65. The third kappa shape index (κ3) is 4.96. The van der Waals surface area contributed by atoms with E-state index in [1.165, 1.54) is 30.6 Å². The number of thiophene rings is 1. The largest absolute Gasteiger partial charge is 0.380 e. The summed E-state index contributed by atoms with van der Waals surface area (Å²) in [6, 6.07) is 4.01. The molecule has 0 amide bonds. The third-order valence-corrected chi connectivity index (χ3v) is 4.48. The van der Waals surface area contributed by atoms with Crippen molar-refractivity contribution in [1.29, 1.82) is 0 Å². The molecule has 2 nitrogen and oxygen atoms in total. The lowest BCUT2D eigenvalue weighted by Gasteiger charge is -2.24. The van der Waals surface area contributed by atoms with Crippen molar-refractivity contribution >= 4 is 22.9 Å². The van der Waals surface area contributed by atoms with Gasteiger partial charge in [-0.05, 0) is 24.5 Å². The van der Waals surface area contributed by atoms with Crippen LogP contribution in [0.5, 0.6) is 0 Å². The van der Waals surface area contributed by atoms with Gasteiger partial charge in [0, 0.05) is 24.6 Å². The Morgan fingerprint density at radius 3 is 2.88 bits per heavy atom. The van der Waals surface area contributed by atoms with Gasteiger partial charge in [-0.25, -0.2) is 0 Å². The van der Waals surface area contributed by atoms with E-state index in [9.17, 15) is 0 Å². The SMILES string of the molecule is Clc1ccc(CNCCOCCC2CCC2)s1. The molecule has 1 saturated carbocycles. The fourth-order valence-corrected chi connectivity index (χ4v) is 2.99. The van der Waals surface area contributed by atoms with E-state index >= 15 is 0 Å². The Bertz CT molecular complexity index is 325. The standard InChI is InChI=1S/C13H20ClNOS/c14-13-5-4-12(17-13)10-15-7-9-16-8-6-11-2-1-3-11/h4-5,11,15H,1-3,6-10H2. The predicted molar refractivity (Wildman–Crippen MR) is 73.8 cm³/mol. The molecule has 1 aromatic rings. The molecule has 1 aliphatic carbocycles. The summed E-state index contributed by atoms with van der Waals surface area (Å²) in [5.74, 6) is 0.955. The summed E-state index contributed by atoms with van der Waals surface area (Å²) in [7, 11) is 0. The maximum absolute atomic E-state index is 5.86. The van der Waals surface area contributed by atoms with Crippen LogP contribution in [0.1, 0.15) is 30.6 Å². The molecule has 0 aliphatic heterocycles. The van der Waals surface area contributed by atoms with Gasteiger partial charge in [0.1, 0.15) is 0 Å². The van der Waals surface area contributed by atoms with Crippen molar-refractivity contribution in [3.8, 4) is 0 Å². The van der Waals surface area contributed by atoms with Crippen molar-refractivity contribution in [2.45, 2.75) is 32.2 Å². The van der Waals surface area contributed by atoms with Crippen molar-refractivity contribution < 1.29 is 4.74 Å². The highest BCUT2D eigenvalue weighted by atomic mass is 35.5. The van der Waals surface area contributed by atoms with Gasteiger partial charge in [0.25, 0.3) is 0 Å². The quantitative estimate of drug-likeness (QED) is 0.730. The van der Waals surface area contributed by atoms with Crippen molar-refractivity contribution in [1.82, 2.24) is 5.32 Å². The molecule has 0 bridgehead atoms. The molecule has 0 saturated heterocycles. The van der Waals surface area contributed by atoms with Gasteiger partial charge in [0.05, 0.1) is 10.9 Å². The molecule has 1 fully saturated rings. The summed E-state index contributed by atoms with van der Waals surface area (Å²) in [6.07, 6.45) is 5.51. The lowest BCUT2D eigenvalue weighted by Crippen LogP contribution is -2.20. The van der Waals surface area contributed by atoms with E-state index in [-0.39, 0.29) is 0 Å². The van der Waals surface area contributed by atoms with Gasteiger partial charge in [-0.3, -0.25) is 0 Å². The smallest absolute Gasteiger partial charge is 0.0931 e. The summed E-state index contributed by atoms with van der Waals surface area (Å²) < 4.78 is 6.46.